The van der Waals surface area contributed by atoms with Gasteiger partial charge in [-0.15, -0.1) is 34.5 Å². The van der Waals surface area contributed by atoms with Crippen LogP contribution in [0.2, 0.25) is 8.93 Å². The molecule has 340 valence electrons. The molecule has 2 aliphatic heterocycles. The molecule has 0 radical (unpaired) electrons. The number of carboxylic acids is 2. The number of hydrogen-bond donors (Lipinski definition) is 0. The molecule has 10 nitrogen and oxygen atoms in total. The van der Waals surface area contributed by atoms with Crippen LogP contribution in [-0.4, -0.2) is 82.5 Å². The van der Waals surface area contributed by atoms with E-state index < -0.39 is 11.9 Å². The Morgan fingerprint density at radius 3 is 1.40 bits per heavy atom. The van der Waals surface area contributed by atoms with Crippen LogP contribution in [0.5, 0.6) is 11.5 Å². The molecule has 0 spiro atoms. The topological polar surface area (TPSA) is 131 Å². The van der Waals surface area contributed by atoms with Gasteiger partial charge in [0.25, 0.3) is 0 Å². The molecule has 0 saturated carbocycles. The number of aliphatic carboxylic acids is 2. The first kappa shape index (κ1) is 51.9. The summed E-state index contributed by atoms with van der Waals surface area (Å²) in [5.74, 6) is 9.92. The van der Waals surface area contributed by atoms with Crippen molar-refractivity contribution in [2.45, 2.75) is 90.8 Å². The van der Waals surface area contributed by atoms with Gasteiger partial charge in [-0.2, -0.15) is 0 Å². The number of carboxylic acid groups (broad SMARTS) is 2. The molecule has 2 aromatic heterocycles. The molecule has 4 aromatic carbocycles. The summed E-state index contributed by atoms with van der Waals surface area (Å²) in [4.78, 5) is 38.1. The molecule has 0 amide bonds. The van der Waals surface area contributed by atoms with Gasteiger partial charge in [0.05, 0.1) is 23.2 Å². The largest absolute Gasteiger partial charge is 2.00 e. The van der Waals surface area contributed by atoms with E-state index in [1.165, 1.54) is 20.9 Å². The first-order valence-corrected chi connectivity index (χ1v) is 24.0. The zero-order chi connectivity index (χ0) is 46.4. The van der Waals surface area contributed by atoms with Gasteiger partial charge in [-0.3, -0.25) is 9.80 Å². The van der Waals surface area contributed by atoms with Crippen LogP contribution >= 0.6 is 45.9 Å². The number of fused-ring (bicyclic) bond motifs is 2. The Morgan fingerprint density at radius 2 is 1.03 bits per heavy atom. The maximum Gasteiger partial charge on any atom is 2.00 e. The molecular formula is C52H48CaCl2N4O6S2. The molecule has 2 atom stereocenters. The minimum Gasteiger partial charge on any atom is -0.550 e. The number of thiazole rings is 2. The van der Waals surface area contributed by atoms with Gasteiger partial charge in [-0.25, -0.2) is 9.97 Å². The second kappa shape index (κ2) is 25.8. The molecule has 0 bridgehead atoms. The Hall–Kier alpha value is -4.44. The van der Waals surface area contributed by atoms with Gasteiger partial charge in [0.1, 0.15) is 24.7 Å². The first-order chi connectivity index (χ1) is 32.0. The van der Waals surface area contributed by atoms with E-state index in [4.69, 9.17) is 32.7 Å². The summed E-state index contributed by atoms with van der Waals surface area (Å²) >= 11 is 15.3. The third-order valence-corrected chi connectivity index (χ3v) is 13.5. The number of hydrogen-bond acceptors (Lipinski definition) is 12. The van der Waals surface area contributed by atoms with E-state index in [9.17, 15) is 19.8 Å². The summed E-state index contributed by atoms with van der Waals surface area (Å²) in [6, 6.07) is 31.7. The van der Waals surface area contributed by atoms with E-state index in [2.05, 4.69) is 92.0 Å². The zero-order valence-electron chi connectivity index (χ0n) is 37.4. The fourth-order valence-corrected chi connectivity index (χ4v) is 10.5. The second-order valence-corrected chi connectivity index (χ2v) is 19.3. The number of benzene rings is 4. The molecule has 0 fully saturated rings. The number of halogens is 2. The zero-order valence-corrected chi connectivity index (χ0v) is 42.7. The molecular weight excluding hydrogens is 952 g/mol. The smallest absolute Gasteiger partial charge is 0.550 e. The van der Waals surface area contributed by atoms with Crippen LogP contribution in [0.15, 0.2) is 97.1 Å². The van der Waals surface area contributed by atoms with Crippen molar-refractivity contribution in [3.8, 4) is 35.2 Å². The maximum atomic E-state index is 11.0. The Kier molecular flexibility index (Phi) is 20.0. The van der Waals surface area contributed by atoms with Crippen molar-refractivity contribution in [1.29, 1.82) is 0 Å². The van der Waals surface area contributed by atoms with Crippen LogP contribution in [0.4, 0.5) is 0 Å². The van der Waals surface area contributed by atoms with Crippen LogP contribution in [0, 0.1) is 23.7 Å². The second-order valence-electron chi connectivity index (χ2n) is 16.0. The van der Waals surface area contributed by atoms with Crippen molar-refractivity contribution in [1.82, 2.24) is 19.8 Å². The quantitative estimate of drug-likeness (QED) is 0.0695. The van der Waals surface area contributed by atoms with E-state index >= 15 is 0 Å². The molecule has 0 aliphatic carbocycles. The molecule has 8 rings (SSSR count). The molecule has 67 heavy (non-hydrogen) atoms. The van der Waals surface area contributed by atoms with E-state index in [0.717, 1.165) is 97.3 Å². The Morgan fingerprint density at radius 1 is 0.642 bits per heavy atom. The van der Waals surface area contributed by atoms with Gasteiger partial charge in [-0.1, -0.05) is 108 Å². The number of rotatable bonds is 16. The van der Waals surface area contributed by atoms with Crippen molar-refractivity contribution in [3.05, 3.63) is 161 Å². The SMILES string of the molecule is CC#C[C@@H](CC(=O)[O-])c1ccc(OCc2cccc(CN3CCc4nc(Cl)sc4C3)c2)cc1.CC#C[C@@H](CC(=O)[O-])c1ccc(OCc2cccc(CN3CCc4nc(Cl)sc4C3)c2)cc1.[Ca+2]. The van der Waals surface area contributed by atoms with E-state index in [1.807, 2.05) is 48.5 Å². The summed E-state index contributed by atoms with van der Waals surface area (Å²) in [6.45, 7) is 9.77. The average molecular weight is 1000 g/mol. The molecule has 2 aliphatic rings. The molecule has 0 saturated heterocycles. The van der Waals surface area contributed by atoms with E-state index in [-0.39, 0.29) is 62.4 Å². The third kappa shape index (κ3) is 15.8. The van der Waals surface area contributed by atoms with Crippen molar-refractivity contribution in [2.24, 2.45) is 0 Å². The molecule has 0 unspecified atom stereocenters. The van der Waals surface area contributed by atoms with Crippen LogP contribution in [0.1, 0.15) is 93.0 Å². The predicted octanol–water partition coefficient (Wildman–Crippen LogP) is 7.98. The van der Waals surface area contributed by atoms with E-state index in [0.29, 0.717) is 22.1 Å². The summed E-state index contributed by atoms with van der Waals surface area (Å²) in [5.41, 5.74) is 8.65. The number of carbonyl (C=O) groups is 2. The summed E-state index contributed by atoms with van der Waals surface area (Å²) < 4.78 is 13.2. The Balaban J connectivity index is 0.000000218. The van der Waals surface area contributed by atoms with Gasteiger partial charge >= 0.3 is 37.7 Å². The summed E-state index contributed by atoms with van der Waals surface area (Å²) in [5, 5.41) is 22.0. The predicted molar refractivity (Wildman–Crippen MR) is 262 cm³/mol. The Labute approximate surface area is 440 Å². The monoisotopic (exact) mass is 998 g/mol. The van der Waals surface area contributed by atoms with Crippen molar-refractivity contribution in [2.75, 3.05) is 13.1 Å². The van der Waals surface area contributed by atoms with Crippen molar-refractivity contribution < 1.29 is 29.3 Å². The molecule has 0 N–H and O–H groups in total. The number of ether oxygens (including phenoxy) is 2. The molecule has 4 heterocycles. The number of nitrogens with zero attached hydrogens (tertiary/aromatic N) is 4. The third-order valence-electron chi connectivity index (χ3n) is 11.1. The van der Waals surface area contributed by atoms with Gasteiger partial charge < -0.3 is 29.3 Å². The Bertz CT molecular complexity index is 2560. The standard InChI is InChI=1S/2C26H25ClN2O3S.Ca/c2*1-2-4-21(14-25(30)31)20-7-9-22(10-8-20)32-17-19-6-3-5-18(13-19)15-29-12-11-23-24(16-29)33-26(27)28-23;/h2*3,5-10,13,21H,11-12,14-17H2,1H3,(H,30,31);/q;;+2/p-2/t2*21-;/m00./s1. The normalized spacial score (nSPS) is 13.9. The van der Waals surface area contributed by atoms with Crippen molar-refractivity contribution in [3.63, 3.8) is 0 Å². The van der Waals surface area contributed by atoms with Gasteiger partial charge in [0.2, 0.25) is 0 Å². The number of carbonyl (C=O) groups excluding carboxylic acids is 2. The van der Waals surface area contributed by atoms with Crippen LogP contribution in [0.3, 0.4) is 0 Å². The molecule has 15 heteroatoms. The van der Waals surface area contributed by atoms with Gasteiger partial charge in [0, 0.05) is 86.6 Å². The minimum atomic E-state index is -1.11. The fraction of sp³-hybridized carbons (Fsp3) is 0.308. The first-order valence-electron chi connectivity index (χ1n) is 21.6. The minimum absolute atomic E-state index is 0. The average Bonchev–Trinajstić information content (AvgIpc) is 3.87. The summed E-state index contributed by atoms with van der Waals surface area (Å²) in [7, 11) is 0. The molecule has 6 aromatic rings. The fourth-order valence-electron chi connectivity index (χ4n) is 7.97. The summed E-state index contributed by atoms with van der Waals surface area (Å²) in [6.07, 6.45) is 1.63. The van der Waals surface area contributed by atoms with E-state index in [1.54, 1.807) is 36.5 Å². The van der Waals surface area contributed by atoms with Crippen LogP contribution < -0.4 is 19.7 Å². The van der Waals surface area contributed by atoms with Gasteiger partial charge in [-0.05, 0) is 71.5 Å². The number of aromatic nitrogens is 2. The van der Waals surface area contributed by atoms with Crippen molar-refractivity contribution >= 4 is 95.6 Å². The maximum absolute atomic E-state index is 11.0. The van der Waals surface area contributed by atoms with Crippen LogP contribution in [0.25, 0.3) is 0 Å². The van der Waals surface area contributed by atoms with Crippen LogP contribution in [-0.2, 0) is 61.8 Å². The van der Waals surface area contributed by atoms with Gasteiger partial charge in [0.15, 0.2) is 8.93 Å².